The van der Waals surface area contributed by atoms with E-state index < -0.39 is 17.4 Å². The first-order chi connectivity index (χ1) is 7.06. The lowest BCUT2D eigenvalue weighted by atomic mass is 10.2. The van der Waals surface area contributed by atoms with E-state index in [1.807, 2.05) is 0 Å². The zero-order chi connectivity index (χ0) is 11.4. The number of hydrogen-bond acceptors (Lipinski definition) is 5. The van der Waals surface area contributed by atoms with E-state index in [0.717, 1.165) is 12.3 Å². The number of nitrogens with one attached hydrogen (secondary N) is 1. The van der Waals surface area contributed by atoms with Crippen molar-refractivity contribution in [3.05, 3.63) is 33.7 Å². The Balaban J connectivity index is 3.09. The van der Waals surface area contributed by atoms with Gasteiger partial charge >= 0.3 is 5.97 Å². The highest BCUT2D eigenvalue weighted by Crippen LogP contribution is 1.95. The van der Waals surface area contributed by atoms with Gasteiger partial charge in [0, 0.05) is 12.3 Å². The van der Waals surface area contributed by atoms with Crippen molar-refractivity contribution in [2.45, 2.75) is 6.92 Å². The van der Waals surface area contributed by atoms with Crippen molar-refractivity contribution in [2.24, 2.45) is 0 Å². The first kappa shape index (κ1) is 11.0. The summed E-state index contributed by atoms with van der Waals surface area (Å²) in [6, 6.07) is 0.779. The number of hydrogen-bond donors (Lipinski definition) is 1. The zero-order valence-electron chi connectivity index (χ0n) is 7.90. The van der Waals surface area contributed by atoms with Gasteiger partial charge in [-0.3, -0.25) is 4.79 Å². The number of carbonyl (C=O) groups is 2. The van der Waals surface area contributed by atoms with Crippen LogP contribution in [-0.4, -0.2) is 23.5 Å². The number of ether oxygens (including phenoxy) is 1. The molecular formula is C9H8NO5-. The number of aromatic amines is 1. The Hall–Kier alpha value is -2.11. The van der Waals surface area contributed by atoms with Crippen LogP contribution in [0.25, 0.3) is 0 Å². The van der Waals surface area contributed by atoms with Crippen LogP contribution < -0.4 is 10.5 Å². The molecule has 0 radical (unpaired) electrons. The zero-order valence-corrected chi connectivity index (χ0v) is 7.90. The minimum atomic E-state index is -1.51. The second-order valence-electron chi connectivity index (χ2n) is 2.63. The van der Waals surface area contributed by atoms with E-state index in [4.69, 9.17) is 0 Å². The molecular weight excluding hydrogens is 202 g/mol. The third-order valence-electron chi connectivity index (χ3n) is 1.63. The summed E-state index contributed by atoms with van der Waals surface area (Å²) in [7, 11) is 0. The maximum atomic E-state index is 11.2. The molecule has 0 bridgehead atoms. The molecule has 0 amide bonds. The lowest BCUT2D eigenvalue weighted by molar-refractivity contribution is -0.255. The summed E-state index contributed by atoms with van der Waals surface area (Å²) in [5.74, 6) is -2.30. The van der Waals surface area contributed by atoms with E-state index in [0.29, 0.717) is 0 Å². The number of carboxylic acids is 1. The molecule has 0 aliphatic carbocycles. The van der Waals surface area contributed by atoms with Gasteiger partial charge in [-0.05, 0) is 6.92 Å². The van der Waals surface area contributed by atoms with Crippen LogP contribution in [0.3, 0.4) is 0 Å². The summed E-state index contributed by atoms with van der Waals surface area (Å²) >= 11 is 0. The Kier molecular flexibility index (Phi) is 3.22. The molecule has 15 heavy (non-hydrogen) atoms. The molecule has 0 unspecified atom stereocenters. The number of pyridine rings is 1. The van der Waals surface area contributed by atoms with Gasteiger partial charge in [0.25, 0.3) is 0 Å². The van der Waals surface area contributed by atoms with Gasteiger partial charge < -0.3 is 19.6 Å². The molecule has 1 aromatic heterocycles. The van der Waals surface area contributed by atoms with Crippen molar-refractivity contribution < 1.29 is 19.4 Å². The Bertz CT molecular complexity index is 448. The average Bonchev–Trinajstić information content (AvgIpc) is 2.17. The predicted octanol–water partition coefficient (Wildman–Crippen LogP) is -1.08. The van der Waals surface area contributed by atoms with Crippen LogP contribution in [0.4, 0.5) is 0 Å². The largest absolute Gasteiger partial charge is 0.543 e. The predicted molar refractivity (Wildman–Crippen MR) is 47.3 cm³/mol. The first-order valence-corrected chi connectivity index (χ1v) is 4.17. The van der Waals surface area contributed by atoms with E-state index in [9.17, 15) is 19.5 Å². The molecule has 80 valence electrons. The summed E-state index contributed by atoms with van der Waals surface area (Å²) in [5, 5.41) is 10.4. The summed E-state index contributed by atoms with van der Waals surface area (Å²) < 4.78 is 4.59. The second kappa shape index (κ2) is 4.41. The molecule has 0 aromatic carbocycles. The Labute approximate surface area is 84.5 Å². The lowest BCUT2D eigenvalue weighted by Gasteiger charge is -2.03. The summed E-state index contributed by atoms with van der Waals surface area (Å²) in [6.07, 6.45) is 0.992. The van der Waals surface area contributed by atoms with Gasteiger partial charge in [-0.1, -0.05) is 0 Å². The van der Waals surface area contributed by atoms with Crippen LogP contribution in [-0.2, 0) is 4.74 Å². The quantitative estimate of drug-likeness (QED) is 0.639. The topological polar surface area (TPSA) is 99.3 Å². The number of aromatic nitrogens is 1. The van der Waals surface area contributed by atoms with Crippen molar-refractivity contribution >= 4 is 11.9 Å². The minimum absolute atomic E-state index is 0.139. The van der Waals surface area contributed by atoms with Gasteiger partial charge in [-0.25, -0.2) is 4.79 Å². The van der Waals surface area contributed by atoms with Crippen LogP contribution in [0.15, 0.2) is 17.1 Å². The van der Waals surface area contributed by atoms with Crippen LogP contribution in [0.1, 0.15) is 27.8 Å². The van der Waals surface area contributed by atoms with Crippen molar-refractivity contribution in [3.8, 4) is 0 Å². The molecule has 1 heterocycles. The fourth-order valence-electron chi connectivity index (χ4n) is 0.958. The molecule has 6 nitrogen and oxygen atoms in total. The normalized spacial score (nSPS) is 9.67. The molecule has 0 saturated carbocycles. The summed E-state index contributed by atoms with van der Waals surface area (Å²) in [5.41, 5.74) is -1.33. The van der Waals surface area contributed by atoms with Gasteiger partial charge in [0.2, 0.25) is 0 Å². The van der Waals surface area contributed by atoms with E-state index in [2.05, 4.69) is 9.72 Å². The average molecular weight is 210 g/mol. The maximum absolute atomic E-state index is 11.2. The molecule has 0 fully saturated rings. The van der Waals surface area contributed by atoms with Gasteiger partial charge in [0.15, 0.2) is 5.43 Å². The number of rotatable bonds is 3. The molecule has 0 aliphatic heterocycles. The van der Waals surface area contributed by atoms with Crippen molar-refractivity contribution in [2.75, 3.05) is 6.61 Å². The van der Waals surface area contributed by atoms with E-state index >= 15 is 0 Å². The van der Waals surface area contributed by atoms with Crippen LogP contribution >= 0.6 is 0 Å². The minimum Gasteiger partial charge on any atom is -0.543 e. The number of aromatic carboxylic acids is 1. The Morgan fingerprint density at radius 1 is 1.53 bits per heavy atom. The number of esters is 1. The molecule has 0 atom stereocenters. The number of carbonyl (C=O) groups excluding carboxylic acids is 2. The summed E-state index contributed by atoms with van der Waals surface area (Å²) in [6.45, 7) is 1.74. The van der Waals surface area contributed by atoms with Gasteiger partial charge in [-0.15, -0.1) is 0 Å². The lowest BCUT2D eigenvalue weighted by Crippen LogP contribution is -2.27. The van der Waals surface area contributed by atoms with E-state index in [-0.39, 0.29) is 17.9 Å². The first-order valence-electron chi connectivity index (χ1n) is 4.17. The smallest absolute Gasteiger partial charge is 0.343 e. The summed E-state index contributed by atoms with van der Waals surface area (Å²) in [4.78, 5) is 35.0. The van der Waals surface area contributed by atoms with Crippen molar-refractivity contribution in [1.29, 1.82) is 0 Å². The number of carboxylic acid groups (broad SMARTS) is 1. The standard InChI is InChI=1S/C9H9NO5/c1-2-15-9(14)5-4-10-6(8(12)13)3-7(5)11/h3-4H,2H2,1H3,(H,10,11)(H,12,13)/p-1. The molecule has 0 saturated heterocycles. The van der Waals surface area contributed by atoms with Gasteiger partial charge in [-0.2, -0.15) is 0 Å². The maximum Gasteiger partial charge on any atom is 0.343 e. The SMILES string of the molecule is CCOC(=O)c1c[nH]c(C(=O)[O-])cc1=O. The molecule has 0 spiro atoms. The third-order valence-corrected chi connectivity index (χ3v) is 1.63. The Morgan fingerprint density at radius 2 is 2.20 bits per heavy atom. The molecule has 6 heteroatoms. The molecule has 1 aromatic rings. The fourth-order valence-corrected chi connectivity index (χ4v) is 0.958. The highest BCUT2D eigenvalue weighted by molar-refractivity contribution is 5.90. The van der Waals surface area contributed by atoms with Crippen molar-refractivity contribution in [1.82, 2.24) is 4.98 Å². The highest BCUT2D eigenvalue weighted by atomic mass is 16.5. The molecule has 0 aliphatic rings. The van der Waals surface area contributed by atoms with Crippen LogP contribution in [0.5, 0.6) is 0 Å². The van der Waals surface area contributed by atoms with E-state index in [1.165, 1.54) is 0 Å². The monoisotopic (exact) mass is 210 g/mol. The second-order valence-corrected chi connectivity index (χ2v) is 2.63. The van der Waals surface area contributed by atoms with Crippen LogP contribution in [0.2, 0.25) is 0 Å². The van der Waals surface area contributed by atoms with E-state index in [1.54, 1.807) is 6.92 Å². The Morgan fingerprint density at radius 3 is 2.67 bits per heavy atom. The van der Waals surface area contributed by atoms with Gasteiger partial charge in [0.05, 0.1) is 18.3 Å². The molecule has 1 rings (SSSR count). The van der Waals surface area contributed by atoms with Crippen LogP contribution in [0, 0.1) is 0 Å². The number of H-pyrrole nitrogens is 1. The fraction of sp³-hybridized carbons (Fsp3) is 0.222. The van der Waals surface area contributed by atoms with Gasteiger partial charge in [0.1, 0.15) is 5.56 Å². The van der Waals surface area contributed by atoms with Crippen molar-refractivity contribution in [3.63, 3.8) is 0 Å². The third kappa shape index (κ3) is 2.43. The highest BCUT2D eigenvalue weighted by Gasteiger charge is 2.11. The molecule has 1 N–H and O–H groups in total.